The molecule has 0 spiro atoms. The second-order valence-electron chi connectivity index (χ2n) is 7.65. The first-order valence-corrected chi connectivity index (χ1v) is 9.90. The third kappa shape index (κ3) is 3.69. The molecule has 1 fully saturated rings. The number of aryl methyl sites for hydroxylation is 3. The number of nitrogens with zero attached hydrogens (tertiary/aromatic N) is 1. The number of hydrogen-bond acceptors (Lipinski definition) is 0. The van der Waals surface area contributed by atoms with Crippen molar-refractivity contribution in [2.75, 3.05) is 0 Å². The lowest BCUT2D eigenvalue weighted by Crippen LogP contribution is -2.31. The highest BCUT2D eigenvalue weighted by molar-refractivity contribution is 5.72. The molecular formula is C26H30N+. The van der Waals surface area contributed by atoms with Crippen LogP contribution in [0.2, 0.25) is 0 Å². The Kier molecular flexibility index (Phi) is 3.90. The van der Waals surface area contributed by atoms with Gasteiger partial charge in [-0.05, 0) is 60.8 Å². The van der Waals surface area contributed by atoms with Crippen LogP contribution in [0, 0.1) is 13.8 Å². The van der Waals surface area contributed by atoms with Crippen LogP contribution in [0.5, 0.6) is 0 Å². The standard InChI is InChI=1S/C26H30N/c1-19-9-7-8-12-24(19)26-17-25(20(2)18-27(26)3)23-15-13-22(14-16-23)21-10-5-4-6-11-21/h7-9,12-18,21H,4-6,10-11H2,1-3H3/q+1/i2D3,21D. The molecule has 1 aliphatic carbocycles. The first-order chi connectivity index (χ1) is 14.7. The molecule has 3 aromatic rings. The minimum atomic E-state index is -2.21. The molecule has 1 aliphatic rings. The van der Waals surface area contributed by atoms with E-state index in [1.807, 2.05) is 54.1 Å². The Bertz CT molecular complexity index is 1080. The normalized spacial score (nSPS) is 18.9. The highest BCUT2D eigenvalue weighted by atomic mass is 14.9. The van der Waals surface area contributed by atoms with Gasteiger partial charge in [-0.3, -0.25) is 0 Å². The summed E-state index contributed by atoms with van der Waals surface area (Å²) in [6, 6.07) is 18.2. The van der Waals surface area contributed by atoms with Crippen molar-refractivity contribution in [3.8, 4) is 22.4 Å². The lowest BCUT2D eigenvalue weighted by atomic mass is 9.83. The van der Waals surface area contributed by atoms with Crippen molar-refractivity contribution in [2.24, 2.45) is 7.05 Å². The summed E-state index contributed by atoms with van der Waals surface area (Å²) in [5.74, 6) is -0.515. The van der Waals surface area contributed by atoms with Crippen molar-refractivity contribution in [3.63, 3.8) is 0 Å². The first-order valence-electron chi connectivity index (χ1n) is 11.9. The van der Waals surface area contributed by atoms with E-state index in [2.05, 4.69) is 19.1 Å². The molecule has 1 heterocycles. The minimum Gasteiger partial charge on any atom is -0.201 e. The highest BCUT2D eigenvalue weighted by Crippen LogP contribution is 2.34. The van der Waals surface area contributed by atoms with E-state index in [4.69, 9.17) is 5.48 Å². The molecule has 0 bridgehead atoms. The number of hydrogen-bond donors (Lipinski definition) is 0. The van der Waals surface area contributed by atoms with Crippen molar-refractivity contribution >= 4 is 0 Å². The summed E-state index contributed by atoms with van der Waals surface area (Å²) in [5.41, 5.74) is 6.21. The van der Waals surface area contributed by atoms with Gasteiger partial charge in [0.25, 0.3) is 0 Å². The van der Waals surface area contributed by atoms with Gasteiger partial charge in [0.2, 0.25) is 5.69 Å². The molecular weight excluding hydrogens is 326 g/mol. The third-order valence-electron chi connectivity index (χ3n) is 5.76. The molecule has 1 aromatic heterocycles. The molecule has 0 amide bonds. The van der Waals surface area contributed by atoms with Gasteiger partial charge >= 0.3 is 0 Å². The average molecular weight is 361 g/mol. The van der Waals surface area contributed by atoms with Crippen LogP contribution in [0.4, 0.5) is 0 Å². The van der Waals surface area contributed by atoms with Crippen LogP contribution < -0.4 is 4.57 Å². The van der Waals surface area contributed by atoms with Crippen molar-refractivity contribution in [1.82, 2.24) is 0 Å². The number of rotatable bonds is 3. The van der Waals surface area contributed by atoms with Crippen molar-refractivity contribution in [2.45, 2.75) is 51.8 Å². The predicted molar refractivity (Wildman–Crippen MR) is 114 cm³/mol. The molecule has 1 heteroatoms. The molecule has 0 atom stereocenters. The van der Waals surface area contributed by atoms with Gasteiger partial charge in [0, 0.05) is 22.7 Å². The Hall–Kier alpha value is -2.41. The molecule has 138 valence electrons. The molecule has 1 nitrogen and oxygen atoms in total. The molecule has 0 saturated heterocycles. The predicted octanol–water partition coefficient (Wildman–Crippen LogP) is 6.51. The third-order valence-corrected chi connectivity index (χ3v) is 5.76. The van der Waals surface area contributed by atoms with Crippen molar-refractivity contribution in [3.05, 3.63) is 77.5 Å². The number of aromatic nitrogens is 1. The van der Waals surface area contributed by atoms with Crippen LogP contribution in [-0.4, -0.2) is 0 Å². The Labute approximate surface area is 169 Å². The Balaban J connectivity index is 1.83. The van der Waals surface area contributed by atoms with Gasteiger partial charge in [0.1, 0.15) is 7.05 Å². The summed E-state index contributed by atoms with van der Waals surface area (Å²) in [7, 11) is 1.90. The number of pyridine rings is 1. The second-order valence-corrected chi connectivity index (χ2v) is 7.65. The minimum absolute atomic E-state index is 0.346. The zero-order valence-corrected chi connectivity index (χ0v) is 16.3. The van der Waals surface area contributed by atoms with Crippen LogP contribution in [0.25, 0.3) is 22.4 Å². The van der Waals surface area contributed by atoms with Crippen molar-refractivity contribution < 1.29 is 10.1 Å². The summed E-state index contributed by atoms with van der Waals surface area (Å²) < 4.78 is 35.1. The summed E-state index contributed by atoms with van der Waals surface area (Å²) in [6.45, 7) is -0.143. The highest BCUT2D eigenvalue weighted by Gasteiger charge is 2.18. The van der Waals surface area contributed by atoms with E-state index < -0.39 is 12.7 Å². The lowest BCUT2D eigenvalue weighted by Gasteiger charge is -2.22. The van der Waals surface area contributed by atoms with E-state index in [1.165, 1.54) is 6.42 Å². The van der Waals surface area contributed by atoms with E-state index in [-0.39, 0.29) is 0 Å². The fraction of sp³-hybridized carbons (Fsp3) is 0.346. The van der Waals surface area contributed by atoms with Crippen LogP contribution in [0.15, 0.2) is 60.8 Å². The number of benzene rings is 2. The topological polar surface area (TPSA) is 3.88 Å². The fourth-order valence-corrected chi connectivity index (χ4v) is 4.17. The summed E-state index contributed by atoms with van der Waals surface area (Å²) >= 11 is 0. The molecule has 0 aliphatic heterocycles. The van der Waals surface area contributed by atoms with Gasteiger partial charge in [-0.25, -0.2) is 4.57 Å². The Morgan fingerprint density at radius 1 is 0.926 bits per heavy atom. The molecule has 2 aromatic carbocycles. The van der Waals surface area contributed by atoms with Gasteiger partial charge in [-0.2, -0.15) is 0 Å². The van der Waals surface area contributed by atoms with Gasteiger partial charge in [0.15, 0.2) is 6.20 Å². The maximum Gasteiger partial charge on any atom is 0.213 e. The maximum absolute atomic E-state index is 8.88. The molecule has 0 N–H and O–H groups in total. The van der Waals surface area contributed by atoms with Crippen molar-refractivity contribution in [1.29, 1.82) is 0 Å². The van der Waals surface area contributed by atoms with Gasteiger partial charge in [-0.1, -0.05) is 61.7 Å². The SMILES string of the molecule is [2H]C([2H])([2H])c1c[n+](C)c(-c2ccccc2C)cc1-c1ccc(C2([2H])CCCCC2)cc1. The fourth-order valence-electron chi connectivity index (χ4n) is 4.17. The smallest absolute Gasteiger partial charge is 0.201 e. The van der Waals surface area contributed by atoms with Crippen LogP contribution >= 0.6 is 0 Å². The van der Waals surface area contributed by atoms with Crippen LogP contribution in [0.1, 0.15) is 60.2 Å². The van der Waals surface area contributed by atoms with E-state index in [9.17, 15) is 0 Å². The van der Waals surface area contributed by atoms with E-state index in [1.54, 1.807) is 6.20 Å². The van der Waals surface area contributed by atoms with Crippen LogP contribution in [0.3, 0.4) is 0 Å². The maximum atomic E-state index is 8.88. The second kappa shape index (κ2) is 7.68. The monoisotopic (exact) mass is 360 g/mol. The van der Waals surface area contributed by atoms with Crippen LogP contribution in [-0.2, 0) is 7.05 Å². The molecule has 4 rings (SSSR count). The largest absolute Gasteiger partial charge is 0.213 e. The summed E-state index contributed by atoms with van der Waals surface area (Å²) in [4.78, 5) is 0. The summed E-state index contributed by atoms with van der Waals surface area (Å²) in [5, 5.41) is 0. The van der Waals surface area contributed by atoms with Gasteiger partial charge < -0.3 is 0 Å². The zero-order chi connectivity index (χ0) is 22.2. The lowest BCUT2D eigenvalue weighted by molar-refractivity contribution is -0.660. The quantitative estimate of drug-likeness (QED) is 0.469. The molecule has 1 saturated carbocycles. The van der Waals surface area contributed by atoms with Gasteiger partial charge in [0.05, 0.1) is 0 Å². The molecule has 0 unspecified atom stereocenters. The Morgan fingerprint density at radius 2 is 1.67 bits per heavy atom. The zero-order valence-electron chi connectivity index (χ0n) is 20.3. The molecule has 0 radical (unpaired) electrons. The Morgan fingerprint density at radius 3 is 2.37 bits per heavy atom. The first kappa shape index (κ1) is 13.7. The van der Waals surface area contributed by atoms with E-state index >= 15 is 0 Å². The molecule has 27 heavy (non-hydrogen) atoms. The van der Waals surface area contributed by atoms with E-state index in [0.717, 1.165) is 59.2 Å². The summed E-state index contributed by atoms with van der Waals surface area (Å²) in [6.07, 6.45) is 6.94. The van der Waals surface area contributed by atoms with Gasteiger partial charge in [-0.15, -0.1) is 0 Å². The average Bonchev–Trinajstić information content (AvgIpc) is 2.74. The van der Waals surface area contributed by atoms with E-state index in [0.29, 0.717) is 5.56 Å².